The number of carbonyl (C=O) groups is 1. The highest BCUT2D eigenvalue weighted by atomic mass is 16.1. The maximum Gasteiger partial charge on any atom is 0.234 e. The highest BCUT2D eigenvalue weighted by molar-refractivity contribution is 5.78. The second-order valence-corrected chi connectivity index (χ2v) is 2.40. The van der Waals surface area contributed by atoms with Gasteiger partial charge in [0.05, 0.1) is 13.1 Å². The predicted octanol–water partition coefficient (Wildman–Crippen LogP) is -0.100. The second-order valence-electron chi connectivity index (χ2n) is 2.40. The predicted molar refractivity (Wildman–Crippen MR) is 49.5 cm³/mol. The summed E-state index contributed by atoms with van der Waals surface area (Å²) in [7, 11) is 0. The third kappa shape index (κ3) is 5.51. The summed E-state index contributed by atoms with van der Waals surface area (Å²) in [6, 6.07) is 0.00476. The summed E-state index contributed by atoms with van der Waals surface area (Å²) in [6.45, 7) is 6.06. The number of rotatable bonds is 5. The first kappa shape index (κ1) is 10.7. The third-order valence-electron chi connectivity index (χ3n) is 1.25. The molecule has 0 aliphatic heterocycles. The molecule has 0 heterocycles. The molecule has 12 heavy (non-hydrogen) atoms. The molecule has 0 aliphatic carbocycles. The van der Waals surface area contributed by atoms with Gasteiger partial charge in [-0.05, 0) is 6.92 Å². The number of hydrogen-bond acceptors (Lipinski definition) is 2. The number of nitrogens with one attached hydrogen (secondary N) is 2. The fourth-order valence-electron chi connectivity index (χ4n) is 0.612. The van der Waals surface area contributed by atoms with Crippen LogP contribution in [0.1, 0.15) is 6.92 Å². The number of amides is 1. The molecule has 0 radical (unpaired) electrons. The van der Waals surface area contributed by atoms with Gasteiger partial charge in [0.15, 0.2) is 0 Å². The van der Waals surface area contributed by atoms with E-state index in [4.69, 9.17) is 6.42 Å². The quantitative estimate of drug-likeness (QED) is 0.340. The Bertz CT molecular complexity index is 193. The van der Waals surface area contributed by atoms with E-state index in [9.17, 15) is 4.79 Å². The molecule has 0 saturated heterocycles. The van der Waals surface area contributed by atoms with Crippen molar-refractivity contribution in [3.8, 4) is 12.3 Å². The van der Waals surface area contributed by atoms with Crippen molar-refractivity contribution in [2.24, 2.45) is 0 Å². The van der Waals surface area contributed by atoms with Crippen molar-refractivity contribution in [2.75, 3.05) is 13.1 Å². The minimum absolute atomic E-state index is 0.00476. The fraction of sp³-hybridized carbons (Fsp3) is 0.444. The van der Waals surface area contributed by atoms with Gasteiger partial charge in [-0.15, -0.1) is 13.0 Å². The van der Waals surface area contributed by atoms with E-state index in [1.807, 2.05) is 6.92 Å². The Labute approximate surface area is 73.2 Å². The summed E-state index contributed by atoms with van der Waals surface area (Å²) in [6.07, 6.45) is 6.65. The molecule has 0 aromatic heterocycles. The van der Waals surface area contributed by atoms with Gasteiger partial charge in [-0.1, -0.05) is 12.0 Å². The average molecular weight is 166 g/mol. The van der Waals surface area contributed by atoms with Crippen LogP contribution in [-0.2, 0) is 4.79 Å². The van der Waals surface area contributed by atoms with Crippen LogP contribution < -0.4 is 10.6 Å². The molecule has 0 spiro atoms. The minimum Gasteiger partial charge on any atom is -0.349 e. The lowest BCUT2D eigenvalue weighted by Gasteiger charge is -2.08. The first-order chi connectivity index (χ1) is 5.70. The van der Waals surface area contributed by atoms with Crippen LogP contribution in [0, 0.1) is 12.3 Å². The van der Waals surface area contributed by atoms with E-state index in [2.05, 4.69) is 23.1 Å². The van der Waals surface area contributed by atoms with E-state index < -0.39 is 0 Å². The first-order valence-corrected chi connectivity index (χ1v) is 3.76. The van der Waals surface area contributed by atoms with Crippen LogP contribution in [0.3, 0.4) is 0 Å². The number of terminal acetylenes is 1. The number of carbonyl (C=O) groups excluding carboxylic acids is 1. The molecular formula is C9H14N2O. The van der Waals surface area contributed by atoms with Crippen LogP contribution in [0.4, 0.5) is 0 Å². The molecule has 1 amide bonds. The van der Waals surface area contributed by atoms with Gasteiger partial charge in [-0.25, -0.2) is 0 Å². The molecular weight excluding hydrogens is 152 g/mol. The van der Waals surface area contributed by atoms with Gasteiger partial charge < -0.3 is 5.32 Å². The monoisotopic (exact) mass is 166 g/mol. The lowest BCUT2D eigenvalue weighted by molar-refractivity contribution is -0.120. The van der Waals surface area contributed by atoms with Crippen LogP contribution >= 0.6 is 0 Å². The zero-order valence-electron chi connectivity index (χ0n) is 7.26. The Hall–Kier alpha value is -1.27. The van der Waals surface area contributed by atoms with Gasteiger partial charge in [-0.3, -0.25) is 10.1 Å². The maximum atomic E-state index is 11.0. The van der Waals surface area contributed by atoms with E-state index in [0.29, 0.717) is 6.54 Å². The van der Waals surface area contributed by atoms with Crippen LogP contribution in [-0.4, -0.2) is 25.0 Å². The Morgan fingerprint density at radius 2 is 2.50 bits per heavy atom. The Morgan fingerprint density at radius 3 is 3.00 bits per heavy atom. The van der Waals surface area contributed by atoms with E-state index in [0.717, 1.165) is 0 Å². The average Bonchev–Trinajstić information content (AvgIpc) is 2.05. The van der Waals surface area contributed by atoms with Crippen LogP contribution in [0.5, 0.6) is 0 Å². The summed E-state index contributed by atoms with van der Waals surface area (Å²) in [5, 5.41) is 5.48. The first-order valence-electron chi connectivity index (χ1n) is 3.76. The van der Waals surface area contributed by atoms with Crippen LogP contribution in [0.15, 0.2) is 12.7 Å². The molecule has 0 fully saturated rings. The Morgan fingerprint density at radius 1 is 1.83 bits per heavy atom. The largest absolute Gasteiger partial charge is 0.349 e. The standard InChI is InChI=1S/C9H14N2O/c1-4-6-10-7-9(12)11-8(3)5-2/h1,5,8,10H,2,6-7H2,3H3,(H,11,12). The normalized spacial score (nSPS) is 11.3. The van der Waals surface area contributed by atoms with Crippen molar-refractivity contribution >= 4 is 5.91 Å². The Balaban J connectivity index is 3.47. The summed E-state index contributed by atoms with van der Waals surface area (Å²) in [4.78, 5) is 11.0. The van der Waals surface area contributed by atoms with Gasteiger partial charge in [0.2, 0.25) is 5.91 Å². The van der Waals surface area contributed by atoms with Gasteiger partial charge in [0.1, 0.15) is 0 Å². The van der Waals surface area contributed by atoms with E-state index in [1.54, 1.807) is 6.08 Å². The molecule has 0 aliphatic rings. The molecule has 2 N–H and O–H groups in total. The molecule has 1 atom stereocenters. The molecule has 66 valence electrons. The molecule has 1 unspecified atom stereocenters. The van der Waals surface area contributed by atoms with Crippen molar-refractivity contribution in [3.63, 3.8) is 0 Å². The highest BCUT2D eigenvalue weighted by Gasteiger charge is 2.01. The molecule has 3 heteroatoms. The van der Waals surface area contributed by atoms with Crippen LogP contribution in [0.25, 0.3) is 0 Å². The minimum atomic E-state index is -0.0716. The van der Waals surface area contributed by atoms with Gasteiger partial charge in [0.25, 0.3) is 0 Å². The fourth-order valence-corrected chi connectivity index (χ4v) is 0.612. The molecule has 0 aromatic rings. The summed E-state index contributed by atoms with van der Waals surface area (Å²) >= 11 is 0. The van der Waals surface area contributed by atoms with E-state index >= 15 is 0 Å². The SMILES string of the molecule is C#CCNCC(=O)NC(C)C=C. The lowest BCUT2D eigenvalue weighted by Crippen LogP contribution is -2.38. The zero-order chi connectivity index (χ0) is 9.40. The van der Waals surface area contributed by atoms with Crippen molar-refractivity contribution in [3.05, 3.63) is 12.7 Å². The summed E-state index contributed by atoms with van der Waals surface area (Å²) < 4.78 is 0. The van der Waals surface area contributed by atoms with E-state index in [1.165, 1.54) is 0 Å². The smallest absolute Gasteiger partial charge is 0.234 e. The van der Waals surface area contributed by atoms with E-state index in [-0.39, 0.29) is 18.5 Å². The Kier molecular flexibility index (Phi) is 5.76. The summed E-state index contributed by atoms with van der Waals surface area (Å²) in [5.74, 6) is 2.31. The maximum absolute atomic E-state index is 11.0. The van der Waals surface area contributed by atoms with Gasteiger partial charge in [0, 0.05) is 6.04 Å². The lowest BCUT2D eigenvalue weighted by atomic mass is 10.3. The second kappa shape index (κ2) is 6.44. The van der Waals surface area contributed by atoms with Gasteiger partial charge >= 0.3 is 0 Å². The number of hydrogen-bond donors (Lipinski definition) is 2. The summed E-state index contributed by atoms with van der Waals surface area (Å²) in [5.41, 5.74) is 0. The molecule has 0 saturated carbocycles. The van der Waals surface area contributed by atoms with Crippen LogP contribution in [0.2, 0.25) is 0 Å². The van der Waals surface area contributed by atoms with Crippen molar-refractivity contribution < 1.29 is 4.79 Å². The molecule has 0 aromatic carbocycles. The molecule has 3 nitrogen and oxygen atoms in total. The zero-order valence-corrected chi connectivity index (χ0v) is 7.26. The third-order valence-corrected chi connectivity index (χ3v) is 1.25. The van der Waals surface area contributed by atoms with Gasteiger partial charge in [-0.2, -0.15) is 0 Å². The van der Waals surface area contributed by atoms with Crippen molar-refractivity contribution in [2.45, 2.75) is 13.0 Å². The molecule has 0 bridgehead atoms. The molecule has 0 rings (SSSR count). The highest BCUT2D eigenvalue weighted by Crippen LogP contribution is 1.79. The van der Waals surface area contributed by atoms with Crippen molar-refractivity contribution in [1.29, 1.82) is 0 Å². The van der Waals surface area contributed by atoms with Crippen molar-refractivity contribution in [1.82, 2.24) is 10.6 Å². The topological polar surface area (TPSA) is 41.1 Å².